The lowest BCUT2D eigenvalue weighted by molar-refractivity contribution is 0.417. The Morgan fingerprint density at radius 3 is 3.00 bits per heavy atom. The largest absolute Gasteiger partial charge is 0.342 e. The second-order valence-electron chi connectivity index (χ2n) is 4.69. The van der Waals surface area contributed by atoms with Crippen LogP contribution in [0, 0.1) is 5.92 Å². The van der Waals surface area contributed by atoms with Crippen molar-refractivity contribution in [2.75, 3.05) is 24.5 Å². The van der Waals surface area contributed by atoms with Crippen molar-refractivity contribution in [1.82, 2.24) is 9.55 Å². The highest BCUT2D eigenvalue weighted by Gasteiger charge is 2.21. The van der Waals surface area contributed by atoms with Crippen molar-refractivity contribution in [2.24, 2.45) is 18.7 Å². The van der Waals surface area contributed by atoms with Gasteiger partial charge in [0.15, 0.2) is 0 Å². The van der Waals surface area contributed by atoms with Crippen molar-refractivity contribution >= 4 is 5.95 Å². The first-order valence-corrected chi connectivity index (χ1v) is 6.21. The van der Waals surface area contributed by atoms with E-state index >= 15 is 0 Å². The van der Waals surface area contributed by atoms with E-state index in [-0.39, 0.29) is 0 Å². The summed E-state index contributed by atoms with van der Waals surface area (Å²) in [5, 5.41) is 0. The van der Waals surface area contributed by atoms with Gasteiger partial charge in [0.05, 0.1) is 5.69 Å². The Labute approximate surface area is 97.4 Å². The molecule has 1 atom stereocenters. The van der Waals surface area contributed by atoms with E-state index in [1.54, 1.807) is 0 Å². The number of hydrogen-bond donors (Lipinski definition) is 1. The first-order chi connectivity index (χ1) is 7.74. The molecule has 1 aromatic heterocycles. The summed E-state index contributed by atoms with van der Waals surface area (Å²) in [6.45, 7) is 5.11. The molecule has 1 unspecified atom stereocenters. The van der Waals surface area contributed by atoms with Crippen molar-refractivity contribution in [3.63, 3.8) is 0 Å². The fourth-order valence-electron chi connectivity index (χ4n) is 2.42. The Kier molecular flexibility index (Phi) is 3.49. The van der Waals surface area contributed by atoms with Gasteiger partial charge in [0, 0.05) is 26.3 Å². The molecule has 0 amide bonds. The van der Waals surface area contributed by atoms with Gasteiger partial charge in [-0.05, 0) is 31.7 Å². The molecule has 16 heavy (non-hydrogen) atoms. The SMILES string of the molecule is CCc1cn(C)c(N2CCCC(CN)C2)n1. The molecule has 1 fully saturated rings. The van der Waals surface area contributed by atoms with E-state index < -0.39 is 0 Å². The topological polar surface area (TPSA) is 47.1 Å². The van der Waals surface area contributed by atoms with Gasteiger partial charge in [-0.2, -0.15) is 0 Å². The normalized spacial score (nSPS) is 21.4. The first kappa shape index (κ1) is 11.5. The molecule has 1 aliphatic rings. The number of aromatic nitrogens is 2. The molecule has 4 nitrogen and oxygen atoms in total. The van der Waals surface area contributed by atoms with E-state index in [2.05, 4.69) is 34.6 Å². The maximum Gasteiger partial charge on any atom is 0.205 e. The minimum Gasteiger partial charge on any atom is -0.342 e. The molecule has 1 aliphatic heterocycles. The molecule has 2 heterocycles. The number of rotatable bonds is 3. The average molecular weight is 222 g/mol. The van der Waals surface area contributed by atoms with Crippen LogP contribution in [0.2, 0.25) is 0 Å². The number of aryl methyl sites for hydroxylation is 2. The van der Waals surface area contributed by atoms with Gasteiger partial charge in [-0.1, -0.05) is 6.92 Å². The highest BCUT2D eigenvalue weighted by molar-refractivity contribution is 5.34. The molecule has 0 radical (unpaired) electrons. The number of nitrogens with zero attached hydrogens (tertiary/aromatic N) is 3. The van der Waals surface area contributed by atoms with Crippen molar-refractivity contribution < 1.29 is 0 Å². The monoisotopic (exact) mass is 222 g/mol. The van der Waals surface area contributed by atoms with Gasteiger partial charge < -0.3 is 15.2 Å². The number of imidazole rings is 1. The summed E-state index contributed by atoms with van der Waals surface area (Å²) >= 11 is 0. The number of anilines is 1. The van der Waals surface area contributed by atoms with Crippen molar-refractivity contribution in [3.05, 3.63) is 11.9 Å². The minimum atomic E-state index is 0.635. The Bertz CT molecular complexity index is 345. The minimum absolute atomic E-state index is 0.635. The van der Waals surface area contributed by atoms with Gasteiger partial charge >= 0.3 is 0 Å². The lowest BCUT2D eigenvalue weighted by Crippen LogP contribution is -2.39. The Morgan fingerprint density at radius 1 is 1.56 bits per heavy atom. The molecule has 0 saturated carbocycles. The van der Waals surface area contributed by atoms with Crippen LogP contribution in [-0.4, -0.2) is 29.2 Å². The Hall–Kier alpha value is -1.03. The lowest BCUT2D eigenvalue weighted by Gasteiger charge is -2.32. The van der Waals surface area contributed by atoms with Crippen molar-refractivity contribution in [1.29, 1.82) is 0 Å². The van der Waals surface area contributed by atoms with Crippen LogP contribution >= 0.6 is 0 Å². The van der Waals surface area contributed by atoms with Crippen LogP contribution in [-0.2, 0) is 13.5 Å². The maximum absolute atomic E-state index is 5.76. The van der Waals surface area contributed by atoms with E-state index in [9.17, 15) is 0 Å². The van der Waals surface area contributed by atoms with E-state index in [4.69, 9.17) is 5.73 Å². The number of hydrogen-bond acceptors (Lipinski definition) is 3. The summed E-state index contributed by atoms with van der Waals surface area (Å²) in [7, 11) is 2.08. The highest BCUT2D eigenvalue weighted by atomic mass is 15.3. The second-order valence-corrected chi connectivity index (χ2v) is 4.69. The van der Waals surface area contributed by atoms with Crippen LogP contribution in [0.4, 0.5) is 5.95 Å². The molecule has 90 valence electrons. The summed E-state index contributed by atoms with van der Waals surface area (Å²) in [4.78, 5) is 7.04. The Morgan fingerprint density at radius 2 is 2.38 bits per heavy atom. The van der Waals surface area contributed by atoms with Crippen LogP contribution in [0.25, 0.3) is 0 Å². The molecule has 2 rings (SSSR count). The van der Waals surface area contributed by atoms with E-state index in [0.717, 1.165) is 32.0 Å². The fourth-order valence-corrected chi connectivity index (χ4v) is 2.42. The van der Waals surface area contributed by atoms with Crippen LogP contribution < -0.4 is 10.6 Å². The molecular weight excluding hydrogens is 200 g/mol. The summed E-state index contributed by atoms with van der Waals surface area (Å²) in [6, 6.07) is 0. The number of piperidine rings is 1. The summed E-state index contributed by atoms with van der Waals surface area (Å²) < 4.78 is 2.14. The lowest BCUT2D eigenvalue weighted by atomic mass is 9.99. The van der Waals surface area contributed by atoms with E-state index in [0.29, 0.717) is 5.92 Å². The van der Waals surface area contributed by atoms with Crippen LogP contribution in [0.5, 0.6) is 0 Å². The quantitative estimate of drug-likeness (QED) is 0.834. The van der Waals surface area contributed by atoms with Crippen LogP contribution in [0.15, 0.2) is 6.20 Å². The summed E-state index contributed by atoms with van der Waals surface area (Å²) in [6.07, 6.45) is 5.62. The van der Waals surface area contributed by atoms with E-state index in [1.807, 2.05) is 0 Å². The third-order valence-electron chi connectivity index (χ3n) is 3.40. The summed E-state index contributed by atoms with van der Waals surface area (Å²) in [5.41, 5.74) is 6.93. The predicted molar refractivity (Wildman–Crippen MR) is 66.6 cm³/mol. The molecule has 1 saturated heterocycles. The third-order valence-corrected chi connectivity index (χ3v) is 3.40. The Balaban J connectivity index is 2.13. The maximum atomic E-state index is 5.76. The van der Waals surface area contributed by atoms with Gasteiger partial charge in [-0.3, -0.25) is 0 Å². The fraction of sp³-hybridized carbons (Fsp3) is 0.750. The smallest absolute Gasteiger partial charge is 0.205 e. The predicted octanol–water partition coefficient (Wildman–Crippen LogP) is 1.16. The first-order valence-electron chi connectivity index (χ1n) is 6.21. The van der Waals surface area contributed by atoms with Gasteiger partial charge in [0.1, 0.15) is 0 Å². The summed E-state index contributed by atoms with van der Waals surface area (Å²) in [5.74, 6) is 1.74. The molecule has 2 N–H and O–H groups in total. The second kappa shape index (κ2) is 4.87. The van der Waals surface area contributed by atoms with Gasteiger partial charge in [-0.25, -0.2) is 4.98 Å². The highest BCUT2D eigenvalue weighted by Crippen LogP contribution is 2.21. The molecule has 0 aliphatic carbocycles. The van der Waals surface area contributed by atoms with Crippen molar-refractivity contribution in [3.8, 4) is 0 Å². The van der Waals surface area contributed by atoms with Gasteiger partial charge in [-0.15, -0.1) is 0 Å². The third kappa shape index (κ3) is 2.21. The molecular formula is C12H22N4. The number of nitrogens with two attached hydrogens (primary N) is 1. The molecule has 0 aromatic carbocycles. The zero-order valence-corrected chi connectivity index (χ0v) is 10.3. The molecule has 4 heteroatoms. The standard InChI is InChI=1S/C12H22N4/c1-3-11-9-15(2)12(14-11)16-6-4-5-10(7-13)8-16/h9-10H,3-8,13H2,1-2H3. The molecule has 0 spiro atoms. The molecule has 1 aromatic rings. The van der Waals surface area contributed by atoms with Crippen LogP contribution in [0.3, 0.4) is 0 Å². The van der Waals surface area contributed by atoms with E-state index in [1.165, 1.54) is 18.5 Å². The zero-order chi connectivity index (χ0) is 11.5. The van der Waals surface area contributed by atoms with Gasteiger partial charge in [0.25, 0.3) is 0 Å². The van der Waals surface area contributed by atoms with Crippen LogP contribution in [0.1, 0.15) is 25.5 Å². The zero-order valence-electron chi connectivity index (χ0n) is 10.3. The molecule has 0 bridgehead atoms. The van der Waals surface area contributed by atoms with Crippen molar-refractivity contribution in [2.45, 2.75) is 26.2 Å². The average Bonchev–Trinajstić information content (AvgIpc) is 2.71. The van der Waals surface area contributed by atoms with Gasteiger partial charge in [0.2, 0.25) is 5.95 Å².